The molecule has 0 spiro atoms. The highest BCUT2D eigenvalue weighted by atomic mass is 79.9. The molecule has 0 radical (unpaired) electrons. The van der Waals surface area contributed by atoms with E-state index < -0.39 is 5.54 Å². The summed E-state index contributed by atoms with van der Waals surface area (Å²) in [5.74, 6) is 0.0481. The van der Waals surface area contributed by atoms with E-state index in [0.29, 0.717) is 6.42 Å². The van der Waals surface area contributed by atoms with Gasteiger partial charge in [0.1, 0.15) is 5.54 Å². The number of halogens is 1. The van der Waals surface area contributed by atoms with E-state index in [2.05, 4.69) is 33.2 Å². The van der Waals surface area contributed by atoms with E-state index in [1.807, 2.05) is 6.07 Å². The number of pyridine rings is 1. The lowest BCUT2D eigenvalue weighted by Crippen LogP contribution is -2.44. The second-order valence-electron chi connectivity index (χ2n) is 4.74. The molecule has 5 nitrogen and oxygen atoms in total. The van der Waals surface area contributed by atoms with Gasteiger partial charge in [0.25, 0.3) is 5.91 Å². The second-order valence-corrected chi connectivity index (χ2v) is 5.65. The Morgan fingerprint density at radius 1 is 1.53 bits per heavy atom. The average molecular weight is 325 g/mol. The molecule has 2 rings (SSSR count). The number of guanidine groups is 1. The van der Waals surface area contributed by atoms with Gasteiger partial charge in [0.2, 0.25) is 0 Å². The molecule has 6 heteroatoms. The molecule has 2 N–H and O–H groups in total. The number of aromatic nitrogens is 1. The van der Waals surface area contributed by atoms with Crippen LogP contribution in [0.2, 0.25) is 0 Å². The Labute approximate surface area is 121 Å². The van der Waals surface area contributed by atoms with Gasteiger partial charge in [-0.05, 0) is 28.4 Å². The molecule has 1 unspecified atom stereocenters. The number of carbonyl (C=O) groups is 1. The number of hydrogen-bond acceptors (Lipinski definition) is 3. The zero-order chi connectivity index (χ0) is 14.0. The summed E-state index contributed by atoms with van der Waals surface area (Å²) < 4.78 is 0.830. The summed E-state index contributed by atoms with van der Waals surface area (Å²) in [4.78, 5) is 18.0. The summed E-state index contributed by atoms with van der Waals surface area (Å²) in [5.41, 5.74) is -0.0482. The van der Waals surface area contributed by atoms with Crippen LogP contribution in [0.25, 0.3) is 0 Å². The smallest absolute Gasteiger partial charge is 0.259 e. The van der Waals surface area contributed by atoms with Gasteiger partial charge in [-0.15, -0.1) is 0 Å². The summed E-state index contributed by atoms with van der Waals surface area (Å²) in [6.45, 7) is 2.08. The first-order valence-corrected chi connectivity index (χ1v) is 7.06. The highest BCUT2D eigenvalue weighted by molar-refractivity contribution is 9.10. The Hall–Kier alpha value is -1.43. The quantitative estimate of drug-likeness (QED) is 0.892. The van der Waals surface area contributed by atoms with Crippen LogP contribution in [0.5, 0.6) is 0 Å². The summed E-state index contributed by atoms with van der Waals surface area (Å²) in [7, 11) is 1.62. The van der Waals surface area contributed by atoms with Crippen molar-refractivity contribution in [2.24, 2.45) is 0 Å². The fourth-order valence-corrected chi connectivity index (χ4v) is 2.69. The zero-order valence-electron chi connectivity index (χ0n) is 11.0. The van der Waals surface area contributed by atoms with Crippen molar-refractivity contribution < 1.29 is 4.79 Å². The molecule has 1 fully saturated rings. The van der Waals surface area contributed by atoms with Crippen LogP contribution in [0.15, 0.2) is 22.9 Å². The number of carbonyl (C=O) groups excluding carboxylic acids is 1. The molecule has 1 aliphatic heterocycles. The number of rotatable bonds is 4. The van der Waals surface area contributed by atoms with E-state index in [1.54, 1.807) is 19.4 Å². The van der Waals surface area contributed by atoms with Crippen molar-refractivity contribution in [3.63, 3.8) is 0 Å². The van der Waals surface area contributed by atoms with Gasteiger partial charge in [-0.25, -0.2) is 0 Å². The van der Waals surface area contributed by atoms with Crippen molar-refractivity contribution in [2.75, 3.05) is 7.05 Å². The zero-order valence-corrected chi connectivity index (χ0v) is 12.6. The number of likely N-dealkylation sites (N-methyl/N-ethyl adjacent to an activating group) is 1. The van der Waals surface area contributed by atoms with Gasteiger partial charge in [-0.2, -0.15) is 0 Å². The third-order valence-corrected chi connectivity index (χ3v) is 3.87. The van der Waals surface area contributed by atoms with Gasteiger partial charge < -0.3 is 5.32 Å². The van der Waals surface area contributed by atoms with Gasteiger partial charge in [0, 0.05) is 29.5 Å². The lowest BCUT2D eigenvalue weighted by Gasteiger charge is -2.27. The van der Waals surface area contributed by atoms with Crippen molar-refractivity contribution in [2.45, 2.75) is 31.7 Å². The molecule has 1 amide bonds. The molecule has 0 bridgehead atoms. The lowest BCUT2D eigenvalue weighted by molar-refractivity contribution is -0.130. The monoisotopic (exact) mass is 324 g/mol. The Kier molecular flexibility index (Phi) is 3.89. The molecule has 2 heterocycles. The van der Waals surface area contributed by atoms with E-state index in [-0.39, 0.29) is 11.9 Å². The topological polar surface area (TPSA) is 69.1 Å². The first-order valence-electron chi connectivity index (χ1n) is 6.27. The molecule has 0 aromatic carbocycles. The van der Waals surface area contributed by atoms with E-state index in [1.165, 1.54) is 4.90 Å². The highest BCUT2D eigenvalue weighted by Crippen LogP contribution is 2.33. The summed E-state index contributed by atoms with van der Waals surface area (Å²) in [6.07, 6.45) is 5.94. The van der Waals surface area contributed by atoms with Gasteiger partial charge in [-0.3, -0.25) is 20.1 Å². The fraction of sp³-hybridized carbons (Fsp3) is 0.462. The van der Waals surface area contributed by atoms with Crippen LogP contribution in [0.3, 0.4) is 0 Å². The average Bonchev–Trinajstić information content (AvgIpc) is 2.62. The van der Waals surface area contributed by atoms with Crippen LogP contribution in [0, 0.1) is 5.41 Å². The van der Waals surface area contributed by atoms with Crippen LogP contribution in [0.1, 0.15) is 31.7 Å². The van der Waals surface area contributed by atoms with Crippen molar-refractivity contribution in [1.29, 1.82) is 5.41 Å². The largest absolute Gasteiger partial charge is 0.338 e. The van der Waals surface area contributed by atoms with Crippen molar-refractivity contribution in [3.05, 3.63) is 28.5 Å². The maximum absolute atomic E-state index is 12.5. The van der Waals surface area contributed by atoms with Crippen molar-refractivity contribution >= 4 is 27.8 Å². The molecule has 0 aliphatic carbocycles. The minimum absolute atomic E-state index is 0.0918. The number of amides is 1. The van der Waals surface area contributed by atoms with Gasteiger partial charge in [0.05, 0.1) is 0 Å². The van der Waals surface area contributed by atoms with E-state index in [9.17, 15) is 4.79 Å². The first-order chi connectivity index (χ1) is 9.01. The van der Waals surface area contributed by atoms with Crippen LogP contribution in [0.4, 0.5) is 0 Å². The SMILES string of the molecule is CCCCC1(c2cncc(Br)c2)NC(=N)N(C)C1=O. The molecule has 102 valence electrons. The standard InChI is InChI=1S/C13H17BrN4O/c1-3-4-5-13(9-6-10(14)8-16-7-9)11(19)18(2)12(15)17-13/h6-8H,3-5H2,1-2H3,(H2,15,17). The molecular weight excluding hydrogens is 308 g/mol. The Morgan fingerprint density at radius 2 is 2.26 bits per heavy atom. The molecule has 1 atom stereocenters. The highest BCUT2D eigenvalue weighted by Gasteiger charge is 2.49. The second kappa shape index (κ2) is 5.28. The van der Waals surface area contributed by atoms with E-state index in [0.717, 1.165) is 22.9 Å². The summed E-state index contributed by atoms with van der Waals surface area (Å²) in [5, 5.41) is 10.9. The van der Waals surface area contributed by atoms with Crippen molar-refractivity contribution in [3.8, 4) is 0 Å². The summed E-state index contributed by atoms with van der Waals surface area (Å²) in [6, 6.07) is 1.89. The van der Waals surface area contributed by atoms with Gasteiger partial charge in [0.15, 0.2) is 5.96 Å². The molecule has 1 aromatic heterocycles. The van der Waals surface area contributed by atoms with Crippen LogP contribution in [-0.4, -0.2) is 28.8 Å². The number of nitrogens with one attached hydrogen (secondary N) is 2. The molecule has 0 saturated carbocycles. The van der Waals surface area contributed by atoms with Crippen LogP contribution >= 0.6 is 15.9 Å². The molecular formula is C13H17BrN4O. The van der Waals surface area contributed by atoms with Crippen LogP contribution in [-0.2, 0) is 10.3 Å². The maximum atomic E-state index is 12.5. The molecule has 19 heavy (non-hydrogen) atoms. The van der Waals surface area contributed by atoms with Gasteiger partial charge in [-0.1, -0.05) is 19.8 Å². The lowest BCUT2D eigenvalue weighted by atomic mass is 9.86. The normalized spacial score (nSPS) is 22.8. The minimum Gasteiger partial charge on any atom is -0.338 e. The number of unbranched alkanes of at least 4 members (excludes halogenated alkanes) is 1. The van der Waals surface area contributed by atoms with Crippen molar-refractivity contribution in [1.82, 2.24) is 15.2 Å². The minimum atomic E-state index is -0.849. The number of nitrogens with zero attached hydrogens (tertiary/aromatic N) is 2. The third-order valence-electron chi connectivity index (χ3n) is 3.44. The maximum Gasteiger partial charge on any atom is 0.259 e. The van der Waals surface area contributed by atoms with Gasteiger partial charge >= 0.3 is 0 Å². The molecule has 1 aromatic rings. The fourth-order valence-electron chi connectivity index (χ4n) is 2.32. The third kappa shape index (κ3) is 2.36. The molecule has 1 saturated heterocycles. The first kappa shape index (κ1) is 14.0. The Bertz CT molecular complexity index is 519. The number of hydrogen-bond donors (Lipinski definition) is 2. The van der Waals surface area contributed by atoms with E-state index >= 15 is 0 Å². The Morgan fingerprint density at radius 3 is 2.79 bits per heavy atom. The van der Waals surface area contributed by atoms with E-state index in [4.69, 9.17) is 5.41 Å². The molecule has 1 aliphatic rings. The predicted octanol–water partition coefficient (Wildman–Crippen LogP) is 2.23. The van der Waals surface area contributed by atoms with Crippen LogP contribution < -0.4 is 5.32 Å². The Balaban J connectivity index is 2.47. The predicted molar refractivity (Wildman–Crippen MR) is 76.8 cm³/mol. The summed E-state index contributed by atoms with van der Waals surface area (Å²) >= 11 is 3.38.